The van der Waals surface area contributed by atoms with Gasteiger partial charge in [0.25, 0.3) is 11.8 Å². The normalized spacial score (nSPS) is 11.4. The summed E-state index contributed by atoms with van der Waals surface area (Å²) in [5.41, 5.74) is 7.80. The number of fused-ring (bicyclic) bond motifs is 2. The molecule has 0 spiro atoms. The van der Waals surface area contributed by atoms with Crippen LogP contribution in [0.1, 0.15) is 77.5 Å². The first-order chi connectivity index (χ1) is 55.1. The second kappa shape index (κ2) is 60.2. The van der Waals surface area contributed by atoms with Crippen LogP contribution in [0.5, 0.6) is 0 Å². The molecule has 8 aromatic rings. The lowest BCUT2D eigenvalue weighted by Crippen LogP contribution is -2.31. The van der Waals surface area contributed by atoms with E-state index in [1.807, 2.05) is 186 Å². The minimum atomic E-state index is -0.620. The van der Waals surface area contributed by atoms with Gasteiger partial charge < -0.3 is 40.9 Å². The number of H-pyrrole nitrogens is 1. The lowest BCUT2D eigenvalue weighted by atomic mass is 10.1. The van der Waals surface area contributed by atoms with E-state index in [4.69, 9.17) is 29.8 Å². The van der Waals surface area contributed by atoms with Gasteiger partial charge in [0.2, 0.25) is 11.8 Å². The van der Waals surface area contributed by atoms with Crippen LogP contribution < -0.4 is 21.3 Å². The Balaban J connectivity index is 0.000000255. The minimum Gasteiger partial charge on any atom is -0.356 e. The molecule has 0 saturated heterocycles. The van der Waals surface area contributed by atoms with Gasteiger partial charge in [-0.1, -0.05) is 221 Å². The number of aliphatic imine (C=N–C) groups is 1. The monoisotopic (exact) mass is 1790 g/mol. The summed E-state index contributed by atoms with van der Waals surface area (Å²) in [5, 5.41) is 36.6. The van der Waals surface area contributed by atoms with E-state index in [0.717, 1.165) is 175 Å². The number of halogens is 4. The van der Waals surface area contributed by atoms with Gasteiger partial charge in [-0.15, -0.1) is 10.2 Å². The molecule has 3 aromatic heterocycles. The van der Waals surface area contributed by atoms with Gasteiger partial charge in [0, 0.05) is 132 Å². The average molecular weight is 1790 g/mol. The zero-order valence-electron chi connectivity index (χ0n) is 66.4. The standard InChI is InChI=1S/C17H23N7OS2.C16H23N3OS2.C15H22Cl2N2OS2.C15H20F2N4S2.C15H20N2OS2/c1-23(2)7-9-26-27-10-8-24-12-13(19-22-24)11-18-17(25)16-14-5-3-4-6-15(14)20-21-16;1-17-15-7-5-14(6-8-15)13-16(20)18-9-4-11-21-22-12-10-19(2)3;1-19(2)7-9-22-21-8-3-6-18-15(20)11-12-4-5-13(16)14(17)10-12;1-20(2)7-9-23-22-8-3-6-21-11-15(18-19-21)13-5-4-12(16)10-14(13)17;1-2-9-19-20-10-5-8-16-15(18)14-13-7-4-3-6-12(13)11-17-14/h3-6,12H,7-11H2,1-2H3,(H,18,25)(H,20,21);5-8H,4,9-13H2,2-3H3,(H,18,20);4-5,10H,3,6-9,11H2,1-2H3,(H,18,20);4-5,10-11H,3,6-9H2,1-2H3;3-4,6-7H,2,5,8-11H2,1H3,(H,16,18). The Kier molecular flexibility index (Phi) is 52.4. The lowest BCUT2D eigenvalue weighted by Gasteiger charge is -2.08. The number of aromatic nitrogens is 8. The van der Waals surface area contributed by atoms with Crippen molar-refractivity contribution in [3.63, 3.8) is 0 Å². The van der Waals surface area contributed by atoms with E-state index in [1.54, 1.807) is 35.1 Å². The maximum atomic E-state index is 13.7. The van der Waals surface area contributed by atoms with Crippen LogP contribution in [-0.2, 0) is 53.4 Å². The molecule has 0 aliphatic carbocycles. The molecular weight excluding hydrogens is 1680 g/mol. The summed E-state index contributed by atoms with van der Waals surface area (Å²) in [7, 11) is 35.3. The van der Waals surface area contributed by atoms with Gasteiger partial charge in [0.05, 0.1) is 67.0 Å². The molecule has 0 fully saturated rings. The average Bonchev–Trinajstić information content (AvgIpc) is 1.68. The van der Waals surface area contributed by atoms with Crippen molar-refractivity contribution in [2.75, 3.05) is 160 Å². The third kappa shape index (κ3) is 43.4. The molecule has 9 rings (SSSR count). The van der Waals surface area contributed by atoms with Gasteiger partial charge >= 0.3 is 0 Å². The topological polar surface area (TPSA) is 236 Å². The number of benzene rings is 5. The minimum absolute atomic E-state index is 0.0173. The summed E-state index contributed by atoms with van der Waals surface area (Å²) < 4.78 is 30.1. The van der Waals surface area contributed by atoms with Gasteiger partial charge in [0.15, 0.2) is 11.4 Å². The largest absolute Gasteiger partial charge is 0.356 e. The number of carbonyl (C=O) groups is 4. The van der Waals surface area contributed by atoms with Gasteiger partial charge in [-0.3, -0.25) is 38.6 Å². The van der Waals surface area contributed by atoms with E-state index >= 15 is 0 Å². The number of hydrogen-bond acceptors (Lipinski definition) is 24. The molecule has 5 N–H and O–H groups in total. The van der Waals surface area contributed by atoms with Crippen LogP contribution >= 0.6 is 131 Å². The number of para-hydroxylation sites is 1. The Morgan fingerprint density at radius 1 is 0.535 bits per heavy atom. The molecule has 0 radical (unpaired) electrons. The van der Waals surface area contributed by atoms with Gasteiger partial charge in [0.1, 0.15) is 28.7 Å². The predicted octanol–water partition coefficient (Wildman–Crippen LogP) is 16.1. The zero-order valence-corrected chi connectivity index (χ0v) is 76.1. The Bertz CT molecular complexity index is 4140. The molecule has 114 heavy (non-hydrogen) atoms. The second-order valence-electron chi connectivity index (χ2n) is 26.3. The van der Waals surface area contributed by atoms with E-state index in [1.165, 1.54) is 24.3 Å². The molecule has 622 valence electrons. The highest BCUT2D eigenvalue weighted by molar-refractivity contribution is 8.77. The van der Waals surface area contributed by atoms with Crippen LogP contribution in [-0.4, -0.2) is 249 Å². The number of nitrogens with zero attached hydrogens (tertiary/aromatic N) is 13. The summed E-state index contributed by atoms with van der Waals surface area (Å²) in [5.74, 6) is 9.41. The van der Waals surface area contributed by atoms with Gasteiger partial charge in [-0.25, -0.2) is 13.6 Å². The fraction of sp³-hybridized carbons (Fsp3) is 0.474. The molecular formula is C78H108Cl2F2N18O4S10. The van der Waals surface area contributed by atoms with Crippen LogP contribution in [0.25, 0.3) is 27.0 Å². The molecule has 5 aromatic carbocycles. The Hall–Kier alpha value is -5.33. The molecule has 22 nitrogen and oxygen atoms in total. The van der Waals surface area contributed by atoms with E-state index < -0.39 is 11.6 Å². The molecule has 0 unspecified atom stereocenters. The zero-order chi connectivity index (χ0) is 82.5. The summed E-state index contributed by atoms with van der Waals surface area (Å²) >= 11 is 11.8. The van der Waals surface area contributed by atoms with Crippen LogP contribution in [0.2, 0.25) is 10.0 Å². The molecule has 0 atom stereocenters. The number of aryl methyl sites for hydroxylation is 2. The quantitative estimate of drug-likeness (QED) is 0.0135. The molecule has 36 heteroatoms. The van der Waals surface area contributed by atoms with E-state index in [2.05, 4.69) is 145 Å². The van der Waals surface area contributed by atoms with Crippen molar-refractivity contribution in [2.24, 2.45) is 4.99 Å². The Morgan fingerprint density at radius 2 is 1.06 bits per heavy atom. The van der Waals surface area contributed by atoms with Crippen molar-refractivity contribution >= 4 is 177 Å². The van der Waals surface area contributed by atoms with Crippen molar-refractivity contribution in [1.29, 1.82) is 0 Å². The first-order valence-corrected chi connectivity index (χ1v) is 50.4. The smallest absolute Gasteiger partial charge is 0.272 e. The van der Waals surface area contributed by atoms with Crippen molar-refractivity contribution in [2.45, 2.75) is 78.0 Å². The van der Waals surface area contributed by atoms with Crippen LogP contribution in [0.15, 0.2) is 127 Å². The highest BCUT2D eigenvalue weighted by Gasteiger charge is 2.22. The number of hydrogen-bond donors (Lipinski definition) is 5. The second-order valence-corrected chi connectivity index (χ2v) is 40.6. The molecule has 4 heterocycles. The third-order valence-corrected chi connectivity index (χ3v) is 28.7. The van der Waals surface area contributed by atoms with Crippen molar-refractivity contribution < 1.29 is 28.0 Å². The Morgan fingerprint density at radius 3 is 1.65 bits per heavy atom. The van der Waals surface area contributed by atoms with E-state index in [0.29, 0.717) is 65.3 Å². The SMILES string of the molecule is CCCSSCCCNC(=O)C1=NCc2ccccc21.CN(C)CCSSCCCNC(=O)Cc1ccc(Cl)c(Cl)c1.CN(C)CCSSCCCn1cc(-c2ccc(F)cc2F)nn1.CN(C)CCSSCCn1cc(CNC(=O)c2n[nH]c3ccccc23)nn1.[C-]#[N+]c1ccc(CC(=O)NCCCSSCCN(C)C)cc1. The number of nitrogens with one attached hydrogen (secondary N) is 5. The molecule has 1 aliphatic rings. The van der Waals surface area contributed by atoms with E-state index in [-0.39, 0.29) is 29.2 Å². The van der Waals surface area contributed by atoms with E-state index in [9.17, 15) is 28.0 Å². The third-order valence-electron chi connectivity index (χ3n) is 15.5. The van der Waals surface area contributed by atoms with Gasteiger partial charge in [-0.2, -0.15) is 5.10 Å². The number of rotatable bonds is 47. The highest BCUT2D eigenvalue weighted by Crippen LogP contribution is 2.28. The van der Waals surface area contributed by atoms with Crippen LogP contribution in [0.3, 0.4) is 0 Å². The molecule has 0 bridgehead atoms. The van der Waals surface area contributed by atoms with Crippen molar-refractivity contribution in [3.05, 3.63) is 188 Å². The first kappa shape index (κ1) is 99.2. The fourth-order valence-electron chi connectivity index (χ4n) is 9.42. The van der Waals surface area contributed by atoms with Gasteiger partial charge in [-0.05, 0) is 136 Å². The van der Waals surface area contributed by atoms with Crippen molar-refractivity contribution in [1.82, 2.24) is 81.1 Å². The maximum absolute atomic E-state index is 13.7. The molecule has 1 aliphatic heterocycles. The number of carbonyl (C=O) groups excluding carboxylic acids is 4. The molecule has 4 amide bonds. The summed E-state index contributed by atoms with van der Waals surface area (Å²) in [6.45, 7) is 18.1. The maximum Gasteiger partial charge on any atom is 0.272 e. The number of aromatic amines is 1. The summed E-state index contributed by atoms with van der Waals surface area (Å²) in [4.78, 5) is 64.4. The van der Waals surface area contributed by atoms with Crippen LogP contribution in [0, 0.1) is 18.2 Å². The first-order valence-electron chi connectivity index (χ1n) is 37.2. The predicted molar refractivity (Wildman–Crippen MR) is 493 cm³/mol. The summed E-state index contributed by atoms with van der Waals surface area (Å²) in [6.07, 6.45) is 9.43. The van der Waals surface area contributed by atoms with Crippen molar-refractivity contribution in [3.8, 4) is 11.3 Å². The fourth-order valence-corrected chi connectivity index (χ4v) is 20.7. The lowest BCUT2D eigenvalue weighted by molar-refractivity contribution is -0.121. The van der Waals surface area contributed by atoms with Crippen LogP contribution in [0.4, 0.5) is 14.5 Å². The molecule has 0 saturated carbocycles. The summed E-state index contributed by atoms with van der Waals surface area (Å²) in [6, 6.07) is 31.4. The highest BCUT2D eigenvalue weighted by atomic mass is 35.5. The Labute approximate surface area is 722 Å². The number of amides is 4.